The van der Waals surface area contributed by atoms with Crippen molar-refractivity contribution in [2.75, 3.05) is 30.9 Å². The van der Waals surface area contributed by atoms with Gasteiger partial charge in [-0.15, -0.1) is 0 Å². The van der Waals surface area contributed by atoms with Gasteiger partial charge in [-0.1, -0.05) is 29.8 Å². The number of anilines is 2. The maximum atomic E-state index is 13.9. The number of benzene rings is 3. The molecule has 1 heterocycles. The molecule has 38 heavy (non-hydrogen) atoms. The minimum absolute atomic E-state index is 0.00544. The van der Waals surface area contributed by atoms with Crippen molar-refractivity contribution in [3.63, 3.8) is 0 Å². The van der Waals surface area contributed by atoms with E-state index in [9.17, 15) is 14.0 Å². The summed E-state index contributed by atoms with van der Waals surface area (Å²) < 4.78 is 19.2. The molecule has 2 amide bonds. The second-order valence-corrected chi connectivity index (χ2v) is 10.2. The third kappa shape index (κ3) is 4.78. The third-order valence-electron chi connectivity index (χ3n) is 7.69. The van der Waals surface area contributed by atoms with Gasteiger partial charge < -0.3 is 15.0 Å². The standard InChI is InChI=1S/C30H29ClFN3O3/c1-33-27-8-5-13-30(27)14-15-35(25-7-4-3-6-20(25)18-30)29(37)19-9-12-24(26(16-19)38-2)34-28(36)22-17-21(32)10-11-23(22)31/h3-4,6-7,9-12,16-17H,5,8,13-15,18H2,1-2H3,(H,34,36)/b33-27+. The van der Waals surface area contributed by atoms with Crippen LogP contribution < -0.4 is 15.0 Å². The maximum absolute atomic E-state index is 13.9. The van der Waals surface area contributed by atoms with Crippen LogP contribution in [0.25, 0.3) is 0 Å². The van der Waals surface area contributed by atoms with Gasteiger partial charge in [-0.25, -0.2) is 4.39 Å². The highest BCUT2D eigenvalue weighted by molar-refractivity contribution is 6.34. The predicted molar refractivity (Wildman–Crippen MR) is 148 cm³/mol. The zero-order chi connectivity index (χ0) is 26.9. The Morgan fingerprint density at radius 2 is 1.92 bits per heavy atom. The Balaban J connectivity index is 1.43. The van der Waals surface area contributed by atoms with E-state index in [2.05, 4.69) is 16.4 Å². The van der Waals surface area contributed by atoms with Crippen LogP contribution in [0.3, 0.4) is 0 Å². The zero-order valence-corrected chi connectivity index (χ0v) is 22.1. The van der Waals surface area contributed by atoms with Crippen molar-refractivity contribution in [2.24, 2.45) is 10.4 Å². The number of hydrogen-bond acceptors (Lipinski definition) is 4. The topological polar surface area (TPSA) is 71.0 Å². The van der Waals surface area contributed by atoms with E-state index in [1.165, 1.54) is 25.0 Å². The summed E-state index contributed by atoms with van der Waals surface area (Å²) in [6.45, 7) is 0.577. The molecule has 1 saturated carbocycles. The first kappa shape index (κ1) is 25.9. The number of rotatable bonds is 4. The van der Waals surface area contributed by atoms with Gasteiger partial charge in [-0.3, -0.25) is 14.6 Å². The lowest BCUT2D eigenvalue weighted by molar-refractivity contribution is 0.0984. The van der Waals surface area contributed by atoms with Crippen molar-refractivity contribution < 1.29 is 18.7 Å². The summed E-state index contributed by atoms with van der Waals surface area (Å²) >= 11 is 6.09. The Morgan fingerprint density at radius 3 is 2.71 bits per heavy atom. The highest BCUT2D eigenvalue weighted by Gasteiger charge is 2.42. The van der Waals surface area contributed by atoms with E-state index in [0.717, 1.165) is 49.4 Å². The second kappa shape index (κ2) is 10.6. The molecule has 0 bridgehead atoms. The first-order valence-electron chi connectivity index (χ1n) is 12.7. The van der Waals surface area contributed by atoms with Gasteiger partial charge in [0.05, 0.1) is 23.4 Å². The number of fused-ring (bicyclic) bond motifs is 1. The first-order chi connectivity index (χ1) is 18.3. The van der Waals surface area contributed by atoms with Crippen molar-refractivity contribution in [3.8, 4) is 5.75 Å². The van der Waals surface area contributed by atoms with Crippen LogP contribution in [0.4, 0.5) is 15.8 Å². The molecule has 1 aliphatic heterocycles. The van der Waals surface area contributed by atoms with Crippen LogP contribution in [0.15, 0.2) is 65.7 Å². The van der Waals surface area contributed by atoms with Crippen LogP contribution in [-0.4, -0.2) is 38.2 Å². The van der Waals surface area contributed by atoms with Gasteiger partial charge in [0, 0.05) is 36.0 Å². The lowest BCUT2D eigenvalue weighted by Gasteiger charge is -2.29. The lowest BCUT2D eigenvalue weighted by atomic mass is 9.76. The Hall–Kier alpha value is -3.71. The van der Waals surface area contributed by atoms with E-state index in [-0.39, 0.29) is 21.9 Å². The maximum Gasteiger partial charge on any atom is 0.258 e. The summed E-state index contributed by atoms with van der Waals surface area (Å²) in [6.07, 6.45) is 4.93. The number of ether oxygens (including phenoxy) is 1. The molecule has 3 aromatic carbocycles. The quantitative estimate of drug-likeness (QED) is 0.412. The van der Waals surface area contributed by atoms with Crippen LogP contribution in [0.5, 0.6) is 5.75 Å². The van der Waals surface area contributed by atoms with Crippen molar-refractivity contribution in [3.05, 3.63) is 88.2 Å². The molecular formula is C30H29ClFN3O3. The molecular weight excluding hydrogens is 505 g/mol. The molecule has 1 spiro atoms. The average molecular weight is 534 g/mol. The zero-order valence-electron chi connectivity index (χ0n) is 21.4. The minimum atomic E-state index is -0.580. The largest absolute Gasteiger partial charge is 0.495 e. The van der Waals surface area contributed by atoms with Gasteiger partial charge in [0.25, 0.3) is 11.8 Å². The van der Waals surface area contributed by atoms with Gasteiger partial charge in [-0.05, 0) is 80.1 Å². The van der Waals surface area contributed by atoms with Crippen LogP contribution in [0, 0.1) is 11.2 Å². The molecule has 1 aliphatic carbocycles. The third-order valence-corrected chi connectivity index (χ3v) is 8.02. The molecule has 1 atom stereocenters. The van der Waals surface area contributed by atoms with Crippen molar-refractivity contribution in [1.29, 1.82) is 0 Å². The number of nitrogens with zero attached hydrogens (tertiary/aromatic N) is 2. The van der Waals surface area contributed by atoms with E-state index in [0.29, 0.717) is 23.5 Å². The number of carbonyl (C=O) groups is 2. The van der Waals surface area contributed by atoms with Gasteiger partial charge in [-0.2, -0.15) is 0 Å². The van der Waals surface area contributed by atoms with Gasteiger partial charge >= 0.3 is 0 Å². The number of carbonyl (C=O) groups excluding carboxylic acids is 2. The highest BCUT2D eigenvalue weighted by Crippen LogP contribution is 2.46. The van der Waals surface area contributed by atoms with E-state index < -0.39 is 11.7 Å². The van der Waals surface area contributed by atoms with Gasteiger partial charge in [0.1, 0.15) is 11.6 Å². The summed E-state index contributed by atoms with van der Waals surface area (Å²) in [7, 11) is 3.34. The molecule has 6 nitrogen and oxygen atoms in total. The van der Waals surface area contributed by atoms with E-state index in [1.807, 2.05) is 30.1 Å². The molecule has 0 aromatic heterocycles. The second-order valence-electron chi connectivity index (χ2n) is 9.81. The highest BCUT2D eigenvalue weighted by atomic mass is 35.5. The Labute approximate surface area is 226 Å². The van der Waals surface area contributed by atoms with E-state index in [1.54, 1.807) is 18.2 Å². The number of halogens is 2. The number of nitrogens with one attached hydrogen (secondary N) is 1. The van der Waals surface area contributed by atoms with Crippen molar-refractivity contribution >= 4 is 40.5 Å². The fourth-order valence-electron chi connectivity index (χ4n) is 5.79. The smallest absolute Gasteiger partial charge is 0.258 e. The molecule has 1 unspecified atom stereocenters. The molecule has 1 fully saturated rings. The summed E-state index contributed by atoms with van der Waals surface area (Å²) in [5.74, 6) is -0.982. The number of hydrogen-bond donors (Lipinski definition) is 1. The molecule has 1 N–H and O–H groups in total. The molecule has 196 valence electrons. The Bertz CT molecular complexity index is 1440. The normalized spacial score (nSPS) is 19.8. The summed E-state index contributed by atoms with van der Waals surface area (Å²) in [6, 6.07) is 16.5. The fraction of sp³-hybridized carbons (Fsp3) is 0.300. The number of methoxy groups -OCH3 is 1. The molecule has 8 heteroatoms. The van der Waals surface area contributed by atoms with Crippen LogP contribution in [-0.2, 0) is 6.42 Å². The van der Waals surface area contributed by atoms with Crippen molar-refractivity contribution in [1.82, 2.24) is 0 Å². The van der Waals surface area contributed by atoms with Crippen LogP contribution in [0.2, 0.25) is 5.02 Å². The first-order valence-corrected chi connectivity index (χ1v) is 13.0. The van der Waals surface area contributed by atoms with Crippen LogP contribution >= 0.6 is 11.6 Å². The van der Waals surface area contributed by atoms with Gasteiger partial charge in [0.2, 0.25) is 0 Å². The average Bonchev–Trinajstić information content (AvgIpc) is 3.24. The molecule has 5 rings (SSSR count). The summed E-state index contributed by atoms with van der Waals surface area (Å²) in [4.78, 5) is 33.1. The number of amides is 2. The molecule has 2 aliphatic rings. The van der Waals surface area contributed by atoms with E-state index >= 15 is 0 Å². The SMILES string of the molecule is C/N=C1\CCCC12CCN(C(=O)c1ccc(NC(=O)c3cc(F)ccc3Cl)c(OC)c1)c1ccccc1C2. The van der Waals surface area contributed by atoms with Crippen molar-refractivity contribution in [2.45, 2.75) is 32.1 Å². The lowest BCUT2D eigenvalue weighted by Crippen LogP contribution is -2.35. The predicted octanol–water partition coefficient (Wildman–Crippen LogP) is 6.57. The minimum Gasteiger partial charge on any atom is -0.495 e. The summed E-state index contributed by atoms with van der Waals surface area (Å²) in [5, 5.41) is 2.84. The number of aliphatic imine (C=N–C) groups is 1. The monoisotopic (exact) mass is 533 g/mol. The molecule has 0 saturated heterocycles. The number of para-hydroxylation sites is 1. The van der Waals surface area contributed by atoms with Gasteiger partial charge in [0.15, 0.2) is 0 Å². The fourth-order valence-corrected chi connectivity index (χ4v) is 5.99. The Morgan fingerprint density at radius 1 is 1.11 bits per heavy atom. The van der Waals surface area contributed by atoms with E-state index in [4.69, 9.17) is 16.3 Å². The molecule has 0 radical (unpaired) electrons. The molecule has 3 aromatic rings. The van der Waals surface area contributed by atoms with Crippen LogP contribution in [0.1, 0.15) is 52.0 Å². The Kier molecular flexibility index (Phi) is 7.21. The summed E-state index contributed by atoms with van der Waals surface area (Å²) in [5.41, 5.74) is 4.08.